The molecule has 2 amide bonds. The van der Waals surface area contributed by atoms with Crippen molar-refractivity contribution in [3.63, 3.8) is 0 Å². The number of hydrogen-bond acceptors (Lipinski definition) is 4. The molecule has 1 aliphatic rings. The van der Waals surface area contributed by atoms with Gasteiger partial charge in [-0.3, -0.25) is 25.0 Å². The van der Waals surface area contributed by atoms with E-state index in [-0.39, 0.29) is 22.4 Å². The Kier molecular flexibility index (Phi) is 2.93. The molecule has 0 bridgehead atoms. The predicted molar refractivity (Wildman–Crippen MR) is 87.8 cm³/mol. The fourth-order valence-electron chi connectivity index (χ4n) is 3.12. The number of carbonyl (C=O) groups is 2. The van der Waals surface area contributed by atoms with Crippen molar-refractivity contribution < 1.29 is 14.5 Å². The lowest BCUT2D eigenvalue weighted by Crippen LogP contribution is -2.20. The summed E-state index contributed by atoms with van der Waals surface area (Å²) in [7, 11) is 0. The fourth-order valence-corrected chi connectivity index (χ4v) is 3.12. The number of carbonyl (C=O) groups excluding carboxylic acids is 2. The SMILES string of the molecule is O=C1NC(=O)c2c1ccc([N+](=O)[O-])c2-c1cccc2ccccc12. The molecule has 3 aromatic carbocycles. The van der Waals surface area contributed by atoms with Crippen LogP contribution in [0.15, 0.2) is 54.6 Å². The van der Waals surface area contributed by atoms with Crippen LogP contribution in [0.25, 0.3) is 21.9 Å². The second kappa shape index (κ2) is 4.99. The van der Waals surface area contributed by atoms with Gasteiger partial charge in [0.05, 0.1) is 21.6 Å². The summed E-state index contributed by atoms with van der Waals surface area (Å²) in [6, 6.07) is 15.4. The molecule has 24 heavy (non-hydrogen) atoms. The third kappa shape index (κ3) is 1.90. The van der Waals surface area contributed by atoms with Crippen LogP contribution in [0.1, 0.15) is 20.7 Å². The summed E-state index contributed by atoms with van der Waals surface area (Å²) in [4.78, 5) is 35.1. The highest BCUT2D eigenvalue weighted by Crippen LogP contribution is 2.40. The number of benzene rings is 3. The lowest BCUT2D eigenvalue weighted by molar-refractivity contribution is -0.384. The monoisotopic (exact) mass is 318 g/mol. The average Bonchev–Trinajstić information content (AvgIpc) is 2.88. The van der Waals surface area contributed by atoms with Gasteiger partial charge < -0.3 is 0 Å². The first-order valence-corrected chi connectivity index (χ1v) is 7.23. The minimum atomic E-state index is -0.610. The number of nitrogens with zero attached hydrogens (tertiary/aromatic N) is 1. The molecular formula is C18H10N2O4. The Hall–Kier alpha value is -3.54. The van der Waals surface area contributed by atoms with E-state index >= 15 is 0 Å². The molecule has 6 nitrogen and oxygen atoms in total. The van der Waals surface area contributed by atoms with E-state index < -0.39 is 16.7 Å². The molecule has 0 saturated heterocycles. The minimum absolute atomic E-state index is 0.0607. The van der Waals surface area contributed by atoms with E-state index in [1.54, 1.807) is 12.1 Å². The molecule has 0 saturated carbocycles. The van der Waals surface area contributed by atoms with Crippen molar-refractivity contribution in [2.75, 3.05) is 0 Å². The number of nitro benzene ring substituents is 1. The van der Waals surface area contributed by atoms with Gasteiger partial charge in [0.2, 0.25) is 0 Å². The molecule has 4 rings (SSSR count). The highest BCUT2D eigenvalue weighted by atomic mass is 16.6. The molecule has 0 spiro atoms. The Bertz CT molecular complexity index is 1050. The van der Waals surface area contributed by atoms with Crippen LogP contribution >= 0.6 is 0 Å². The smallest absolute Gasteiger partial charge is 0.278 e. The van der Waals surface area contributed by atoms with Gasteiger partial charge in [-0.05, 0) is 22.4 Å². The van der Waals surface area contributed by atoms with Crippen LogP contribution in [0.2, 0.25) is 0 Å². The number of hydrogen-bond donors (Lipinski definition) is 1. The van der Waals surface area contributed by atoms with Gasteiger partial charge in [0, 0.05) is 6.07 Å². The molecule has 0 aromatic heterocycles. The zero-order valence-electron chi connectivity index (χ0n) is 12.3. The molecule has 0 atom stereocenters. The van der Waals surface area contributed by atoms with Gasteiger partial charge in [-0.2, -0.15) is 0 Å². The molecule has 0 radical (unpaired) electrons. The first-order chi connectivity index (χ1) is 11.6. The van der Waals surface area contributed by atoms with Crippen molar-refractivity contribution in [1.29, 1.82) is 0 Å². The Morgan fingerprint density at radius 3 is 2.33 bits per heavy atom. The summed E-state index contributed by atoms with van der Waals surface area (Å²) < 4.78 is 0. The Morgan fingerprint density at radius 1 is 0.792 bits per heavy atom. The van der Waals surface area contributed by atoms with Crippen LogP contribution in [0.3, 0.4) is 0 Å². The van der Waals surface area contributed by atoms with Crippen molar-refractivity contribution in [3.8, 4) is 11.1 Å². The number of nitro groups is 1. The van der Waals surface area contributed by atoms with E-state index in [1.807, 2.05) is 30.3 Å². The maximum absolute atomic E-state index is 12.2. The van der Waals surface area contributed by atoms with E-state index in [0.717, 1.165) is 10.8 Å². The van der Waals surface area contributed by atoms with Crippen LogP contribution in [-0.2, 0) is 0 Å². The summed E-state index contributed by atoms with van der Waals surface area (Å²) in [5.41, 5.74) is 0.758. The topological polar surface area (TPSA) is 89.3 Å². The number of fused-ring (bicyclic) bond motifs is 2. The first-order valence-electron chi connectivity index (χ1n) is 7.23. The third-order valence-electron chi connectivity index (χ3n) is 4.14. The zero-order valence-corrected chi connectivity index (χ0v) is 12.3. The van der Waals surface area contributed by atoms with Gasteiger partial charge in [-0.25, -0.2) is 0 Å². The van der Waals surface area contributed by atoms with Crippen LogP contribution in [0.4, 0.5) is 5.69 Å². The van der Waals surface area contributed by atoms with Crippen LogP contribution < -0.4 is 5.32 Å². The molecule has 116 valence electrons. The number of nitrogens with one attached hydrogen (secondary N) is 1. The van der Waals surface area contributed by atoms with Crippen LogP contribution in [0, 0.1) is 10.1 Å². The van der Waals surface area contributed by atoms with Gasteiger partial charge >= 0.3 is 0 Å². The molecule has 6 heteroatoms. The van der Waals surface area contributed by atoms with Crippen LogP contribution in [0.5, 0.6) is 0 Å². The molecule has 1 aliphatic heterocycles. The predicted octanol–water partition coefficient (Wildman–Crippen LogP) is 3.30. The molecule has 3 aromatic rings. The summed E-state index contributed by atoms with van der Waals surface area (Å²) in [5.74, 6) is -1.15. The number of amides is 2. The zero-order chi connectivity index (χ0) is 16.8. The quantitative estimate of drug-likeness (QED) is 0.446. The van der Waals surface area contributed by atoms with Crippen molar-refractivity contribution in [2.45, 2.75) is 0 Å². The van der Waals surface area contributed by atoms with Crippen molar-refractivity contribution in [2.24, 2.45) is 0 Å². The summed E-state index contributed by atoms with van der Waals surface area (Å²) >= 11 is 0. The summed E-state index contributed by atoms with van der Waals surface area (Å²) in [5, 5.41) is 15.4. The summed E-state index contributed by atoms with van der Waals surface area (Å²) in [6.45, 7) is 0. The van der Waals surface area contributed by atoms with E-state index in [4.69, 9.17) is 0 Å². The normalized spacial score (nSPS) is 13.0. The van der Waals surface area contributed by atoms with Crippen molar-refractivity contribution in [1.82, 2.24) is 5.32 Å². The lowest BCUT2D eigenvalue weighted by atomic mass is 9.91. The number of rotatable bonds is 2. The second-order valence-corrected chi connectivity index (χ2v) is 5.45. The Balaban J connectivity index is 2.16. The van der Waals surface area contributed by atoms with Gasteiger partial charge in [-0.15, -0.1) is 0 Å². The van der Waals surface area contributed by atoms with Gasteiger partial charge in [-0.1, -0.05) is 42.5 Å². The van der Waals surface area contributed by atoms with E-state index in [1.165, 1.54) is 12.1 Å². The average molecular weight is 318 g/mol. The summed E-state index contributed by atoms with van der Waals surface area (Å²) in [6.07, 6.45) is 0. The lowest BCUT2D eigenvalue weighted by Gasteiger charge is -2.10. The van der Waals surface area contributed by atoms with E-state index in [2.05, 4.69) is 5.32 Å². The number of imide groups is 1. The minimum Gasteiger partial charge on any atom is -0.288 e. The van der Waals surface area contributed by atoms with E-state index in [9.17, 15) is 19.7 Å². The van der Waals surface area contributed by atoms with Crippen molar-refractivity contribution >= 4 is 28.3 Å². The maximum Gasteiger partial charge on any atom is 0.278 e. The first kappa shape index (κ1) is 14.1. The standard InChI is InChI=1S/C18H10N2O4/c21-17-13-8-9-14(20(23)24)15(16(13)18(22)19-17)12-7-3-5-10-4-1-2-6-11(10)12/h1-9H,(H,19,21,22). The largest absolute Gasteiger partial charge is 0.288 e. The molecular weight excluding hydrogens is 308 g/mol. The highest BCUT2D eigenvalue weighted by Gasteiger charge is 2.35. The molecule has 0 aliphatic carbocycles. The fraction of sp³-hybridized carbons (Fsp3) is 0. The van der Waals surface area contributed by atoms with E-state index in [0.29, 0.717) is 5.56 Å². The molecule has 1 N–H and O–H groups in total. The van der Waals surface area contributed by atoms with Gasteiger partial charge in [0.1, 0.15) is 0 Å². The highest BCUT2D eigenvalue weighted by molar-refractivity contribution is 6.25. The van der Waals surface area contributed by atoms with Crippen molar-refractivity contribution in [3.05, 3.63) is 75.8 Å². The van der Waals surface area contributed by atoms with Crippen LogP contribution in [-0.4, -0.2) is 16.7 Å². The second-order valence-electron chi connectivity index (χ2n) is 5.45. The molecule has 0 fully saturated rings. The molecule has 1 heterocycles. The third-order valence-corrected chi connectivity index (χ3v) is 4.14. The molecule has 0 unspecified atom stereocenters. The Morgan fingerprint density at radius 2 is 1.54 bits per heavy atom. The maximum atomic E-state index is 12.2. The van der Waals surface area contributed by atoms with Gasteiger partial charge in [0.15, 0.2) is 0 Å². The van der Waals surface area contributed by atoms with Gasteiger partial charge in [0.25, 0.3) is 17.5 Å². The Labute approximate surface area is 135 Å².